The maximum Gasteiger partial charge on any atom is 0.341 e. The maximum atomic E-state index is 10.9. The van der Waals surface area contributed by atoms with E-state index in [1.54, 1.807) is 12.1 Å². The van der Waals surface area contributed by atoms with Gasteiger partial charge in [-0.15, -0.1) is 12.4 Å². The summed E-state index contributed by atoms with van der Waals surface area (Å²) in [6.07, 6.45) is 1.51. The molecule has 0 saturated heterocycles. The highest BCUT2D eigenvalue weighted by atomic mass is 35.5. The Morgan fingerprint density at radius 3 is 2.83 bits per heavy atom. The average Bonchev–Trinajstić information content (AvgIpc) is 2.04. The Morgan fingerprint density at radius 2 is 2.33 bits per heavy atom. The first kappa shape index (κ1) is 11.2. The summed E-state index contributed by atoms with van der Waals surface area (Å²) in [5.74, 6) is -0.469. The number of hydrogen-bond donors (Lipinski definition) is 0. The van der Waals surface area contributed by atoms with Gasteiger partial charge >= 0.3 is 5.97 Å². The minimum atomic E-state index is -0.469. The summed E-state index contributed by atoms with van der Waals surface area (Å²) in [6.45, 7) is 0. The first-order chi connectivity index (χ1) is 5.25. The molecule has 12 heavy (non-hydrogen) atoms. The molecule has 0 amide bonds. The number of pyridine rings is 1. The Morgan fingerprint density at radius 1 is 1.67 bits per heavy atom. The predicted molar refractivity (Wildman–Crippen MR) is 47.8 cm³/mol. The van der Waals surface area contributed by atoms with Crippen LogP contribution in [-0.2, 0) is 4.74 Å². The van der Waals surface area contributed by atoms with Gasteiger partial charge in [0.2, 0.25) is 0 Å². The van der Waals surface area contributed by atoms with Gasteiger partial charge in [0, 0.05) is 6.20 Å². The molecule has 0 saturated carbocycles. The standard InChI is InChI=1S/C7H6ClNO2.ClH/c1-11-7(10)5-3-2-4-9-6(5)8;/h2-4H,1H3;1H. The first-order valence-electron chi connectivity index (χ1n) is 2.94. The maximum absolute atomic E-state index is 10.9. The molecule has 0 N–H and O–H groups in total. The van der Waals surface area contributed by atoms with Crippen molar-refractivity contribution < 1.29 is 9.53 Å². The lowest BCUT2D eigenvalue weighted by Crippen LogP contribution is -2.02. The van der Waals surface area contributed by atoms with E-state index in [0.29, 0.717) is 0 Å². The molecule has 5 heteroatoms. The van der Waals surface area contributed by atoms with Crippen LogP contribution >= 0.6 is 24.0 Å². The van der Waals surface area contributed by atoms with E-state index in [1.807, 2.05) is 0 Å². The van der Waals surface area contributed by atoms with Crippen LogP contribution in [0, 0.1) is 0 Å². The van der Waals surface area contributed by atoms with E-state index in [-0.39, 0.29) is 23.1 Å². The zero-order valence-corrected chi connectivity index (χ0v) is 7.85. The summed E-state index contributed by atoms with van der Waals surface area (Å²) >= 11 is 5.59. The molecular formula is C7H7Cl2NO2. The Hall–Kier alpha value is -0.800. The third kappa shape index (κ3) is 2.36. The minimum absolute atomic E-state index is 0. The molecule has 0 aliphatic rings. The van der Waals surface area contributed by atoms with Gasteiger partial charge in [0.25, 0.3) is 0 Å². The number of aromatic nitrogens is 1. The third-order valence-corrected chi connectivity index (χ3v) is 1.47. The average molecular weight is 208 g/mol. The summed E-state index contributed by atoms with van der Waals surface area (Å²) in [4.78, 5) is 14.6. The van der Waals surface area contributed by atoms with E-state index in [0.717, 1.165) is 0 Å². The van der Waals surface area contributed by atoms with Gasteiger partial charge in [-0.2, -0.15) is 0 Å². The molecule has 1 aromatic heterocycles. The van der Waals surface area contributed by atoms with E-state index in [4.69, 9.17) is 11.6 Å². The van der Waals surface area contributed by atoms with Gasteiger partial charge in [0.1, 0.15) is 5.15 Å². The molecule has 0 aromatic carbocycles. The number of halogens is 2. The molecule has 0 radical (unpaired) electrons. The molecule has 0 bridgehead atoms. The summed E-state index contributed by atoms with van der Waals surface area (Å²) in [6, 6.07) is 3.18. The SMILES string of the molecule is COC(=O)c1cccnc1Cl.Cl. The Labute approximate surface area is 81.1 Å². The number of rotatable bonds is 1. The molecule has 0 aliphatic heterocycles. The highest BCUT2D eigenvalue weighted by molar-refractivity contribution is 6.32. The summed E-state index contributed by atoms with van der Waals surface area (Å²) in [7, 11) is 1.30. The molecule has 0 aliphatic carbocycles. The third-order valence-electron chi connectivity index (χ3n) is 1.16. The predicted octanol–water partition coefficient (Wildman–Crippen LogP) is 1.94. The van der Waals surface area contributed by atoms with Crippen molar-refractivity contribution in [1.82, 2.24) is 4.98 Å². The zero-order chi connectivity index (χ0) is 8.27. The molecule has 66 valence electrons. The lowest BCUT2D eigenvalue weighted by Gasteiger charge is -1.98. The van der Waals surface area contributed by atoms with Gasteiger partial charge in [-0.3, -0.25) is 0 Å². The quantitative estimate of drug-likeness (QED) is 0.522. The van der Waals surface area contributed by atoms with Crippen LogP contribution in [0.5, 0.6) is 0 Å². The fourth-order valence-corrected chi connectivity index (χ4v) is 0.845. The summed E-state index contributed by atoms with van der Waals surface area (Å²) in [5, 5.41) is 0.166. The molecular weight excluding hydrogens is 201 g/mol. The number of ether oxygens (including phenoxy) is 1. The van der Waals surface area contributed by atoms with Crippen LogP contribution < -0.4 is 0 Å². The van der Waals surface area contributed by atoms with Gasteiger partial charge in [-0.05, 0) is 12.1 Å². The van der Waals surface area contributed by atoms with E-state index < -0.39 is 5.97 Å². The Balaban J connectivity index is 0.00000121. The van der Waals surface area contributed by atoms with Crippen LogP contribution in [0.25, 0.3) is 0 Å². The van der Waals surface area contributed by atoms with Crippen molar-refractivity contribution in [3.05, 3.63) is 29.0 Å². The number of methoxy groups -OCH3 is 1. The topological polar surface area (TPSA) is 39.2 Å². The molecule has 0 atom stereocenters. The summed E-state index contributed by atoms with van der Waals surface area (Å²) < 4.78 is 4.45. The number of hydrogen-bond acceptors (Lipinski definition) is 3. The van der Waals surface area contributed by atoms with Crippen molar-refractivity contribution in [1.29, 1.82) is 0 Å². The Bertz CT molecular complexity index is 278. The minimum Gasteiger partial charge on any atom is -0.465 e. The summed E-state index contributed by atoms with van der Waals surface area (Å²) in [5.41, 5.74) is 0.289. The molecule has 3 nitrogen and oxygen atoms in total. The highest BCUT2D eigenvalue weighted by Crippen LogP contribution is 2.11. The molecule has 1 aromatic rings. The monoisotopic (exact) mass is 207 g/mol. The fraction of sp³-hybridized carbons (Fsp3) is 0.143. The van der Waals surface area contributed by atoms with Crippen LogP contribution in [0.2, 0.25) is 5.15 Å². The van der Waals surface area contributed by atoms with Crippen molar-refractivity contribution in [2.75, 3.05) is 7.11 Å². The number of carbonyl (C=O) groups is 1. The molecule has 0 spiro atoms. The fourth-order valence-electron chi connectivity index (χ4n) is 0.648. The van der Waals surface area contributed by atoms with Crippen LogP contribution in [0.3, 0.4) is 0 Å². The second kappa shape index (κ2) is 4.95. The largest absolute Gasteiger partial charge is 0.465 e. The van der Waals surface area contributed by atoms with Gasteiger partial charge in [-0.1, -0.05) is 11.6 Å². The number of carbonyl (C=O) groups excluding carboxylic acids is 1. The van der Waals surface area contributed by atoms with Crippen molar-refractivity contribution in [2.45, 2.75) is 0 Å². The Kier molecular flexibility index (Phi) is 4.62. The van der Waals surface area contributed by atoms with Gasteiger partial charge in [0.05, 0.1) is 12.7 Å². The van der Waals surface area contributed by atoms with Crippen LogP contribution in [0.4, 0.5) is 0 Å². The lowest BCUT2D eigenvalue weighted by molar-refractivity contribution is 0.0600. The van der Waals surface area contributed by atoms with E-state index >= 15 is 0 Å². The smallest absolute Gasteiger partial charge is 0.341 e. The van der Waals surface area contributed by atoms with Gasteiger partial charge in [0.15, 0.2) is 0 Å². The molecule has 0 unspecified atom stereocenters. The van der Waals surface area contributed by atoms with Crippen molar-refractivity contribution in [2.24, 2.45) is 0 Å². The van der Waals surface area contributed by atoms with Gasteiger partial charge < -0.3 is 4.74 Å². The van der Waals surface area contributed by atoms with Crippen molar-refractivity contribution >= 4 is 30.0 Å². The lowest BCUT2D eigenvalue weighted by atomic mass is 10.3. The van der Waals surface area contributed by atoms with E-state index in [9.17, 15) is 4.79 Å². The molecule has 1 rings (SSSR count). The van der Waals surface area contributed by atoms with Gasteiger partial charge in [-0.25, -0.2) is 9.78 Å². The van der Waals surface area contributed by atoms with E-state index in [1.165, 1.54) is 13.3 Å². The van der Waals surface area contributed by atoms with Crippen LogP contribution in [-0.4, -0.2) is 18.1 Å². The van der Waals surface area contributed by atoms with Crippen molar-refractivity contribution in [3.8, 4) is 0 Å². The first-order valence-corrected chi connectivity index (χ1v) is 3.32. The van der Waals surface area contributed by atoms with Crippen molar-refractivity contribution in [3.63, 3.8) is 0 Å². The zero-order valence-electron chi connectivity index (χ0n) is 6.28. The number of esters is 1. The molecule has 0 fully saturated rings. The highest BCUT2D eigenvalue weighted by Gasteiger charge is 2.09. The van der Waals surface area contributed by atoms with Crippen LogP contribution in [0.15, 0.2) is 18.3 Å². The normalized spacial score (nSPS) is 8.50. The number of nitrogens with zero attached hydrogens (tertiary/aromatic N) is 1. The van der Waals surface area contributed by atoms with Crippen LogP contribution in [0.1, 0.15) is 10.4 Å². The second-order valence-corrected chi connectivity index (χ2v) is 2.19. The van der Waals surface area contributed by atoms with E-state index in [2.05, 4.69) is 9.72 Å². The molecule has 1 heterocycles. The second-order valence-electron chi connectivity index (χ2n) is 1.83.